The molecule has 1 heterocycles. The lowest BCUT2D eigenvalue weighted by Gasteiger charge is -2.28. The molecule has 0 spiro atoms. The second-order valence-electron chi connectivity index (χ2n) is 4.92. The molecule has 2 rings (SSSR count). The van der Waals surface area contributed by atoms with Gasteiger partial charge in [0.05, 0.1) is 19.8 Å². The molecular formula is C15H21NO3. The maximum atomic E-state index is 12.5. The van der Waals surface area contributed by atoms with Gasteiger partial charge in [-0.1, -0.05) is 18.9 Å². The Kier molecular flexibility index (Phi) is 4.80. The molecule has 0 saturated carbocycles. The number of benzene rings is 1. The van der Waals surface area contributed by atoms with Crippen molar-refractivity contribution < 1.29 is 14.6 Å². The topological polar surface area (TPSA) is 49.8 Å². The van der Waals surface area contributed by atoms with E-state index in [1.54, 1.807) is 19.2 Å². The zero-order chi connectivity index (χ0) is 13.7. The van der Waals surface area contributed by atoms with Crippen LogP contribution in [0.1, 0.15) is 36.0 Å². The molecule has 1 atom stereocenters. The maximum Gasteiger partial charge on any atom is 0.254 e. The van der Waals surface area contributed by atoms with Crippen LogP contribution < -0.4 is 4.74 Å². The van der Waals surface area contributed by atoms with E-state index < -0.39 is 0 Å². The van der Waals surface area contributed by atoms with Crippen LogP contribution in [0.2, 0.25) is 0 Å². The van der Waals surface area contributed by atoms with Gasteiger partial charge in [0, 0.05) is 12.1 Å². The Morgan fingerprint density at radius 1 is 1.42 bits per heavy atom. The molecule has 19 heavy (non-hydrogen) atoms. The summed E-state index contributed by atoms with van der Waals surface area (Å²) in [6.45, 7) is 0.761. The Morgan fingerprint density at radius 2 is 2.26 bits per heavy atom. The maximum absolute atomic E-state index is 12.5. The zero-order valence-corrected chi connectivity index (χ0v) is 11.3. The SMILES string of the molecule is COc1cccc(C(=O)N2CCCCCC2CO)c1. The highest BCUT2D eigenvalue weighted by Crippen LogP contribution is 2.21. The molecule has 0 aromatic heterocycles. The molecule has 1 unspecified atom stereocenters. The van der Waals surface area contributed by atoms with Crippen LogP contribution in [0.25, 0.3) is 0 Å². The Balaban J connectivity index is 2.20. The number of ether oxygens (including phenoxy) is 1. The van der Waals surface area contributed by atoms with Crippen molar-refractivity contribution in [3.63, 3.8) is 0 Å². The fourth-order valence-electron chi connectivity index (χ4n) is 2.56. The van der Waals surface area contributed by atoms with Gasteiger partial charge in [0.15, 0.2) is 0 Å². The van der Waals surface area contributed by atoms with Crippen LogP contribution in [0.15, 0.2) is 24.3 Å². The van der Waals surface area contributed by atoms with Gasteiger partial charge in [0.2, 0.25) is 0 Å². The van der Waals surface area contributed by atoms with E-state index in [9.17, 15) is 9.90 Å². The molecular weight excluding hydrogens is 242 g/mol. The van der Waals surface area contributed by atoms with Gasteiger partial charge in [0.25, 0.3) is 5.91 Å². The summed E-state index contributed by atoms with van der Waals surface area (Å²) in [4.78, 5) is 14.4. The molecule has 1 aliphatic rings. The number of carbonyl (C=O) groups excluding carboxylic acids is 1. The summed E-state index contributed by atoms with van der Waals surface area (Å²) < 4.78 is 5.15. The van der Waals surface area contributed by atoms with Crippen LogP contribution >= 0.6 is 0 Å². The van der Waals surface area contributed by atoms with Crippen LogP contribution in [0, 0.1) is 0 Å². The molecule has 1 aliphatic heterocycles. The molecule has 1 aromatic carbocycles. The number of rotatable bonds is 3. The van der Waals surface area contributed by atoms with Crippen molar-refractivity contribution in [1.29, 1.82) is 0 Å². The number of carbonyl (C=O) groups is 1. The van der Waals surface area contributed by atoms with Gasteiger partial charge >= 0.3 is 0 Å². The molecule has 1 fully saturated rings. The van der Waals surface area contributed by atoms with Crippen molar-refractivity contribution in [3.8, 4) is 5.75 Å². The van der Waals surface area contributed by atoms with Crippen molar-refractivity contribution in [3.05, 3.63) is 29.8 Å². The van der Waals surface area contributed by atoms with Gasteiger partial charge in [-0.3, -0.25) is 4.79 Å². The Morgan fingerprint density at radius 3 is 3.00 bits per heavy atom. The van der Waals surface area contributed by atoms with E-state index >= 15 is 0 Å². The van der Waals surface area contributed by atoms with Crippen LogP contribution in [-0.4, -0.2) is 42.2 Å². The summed E-state index contributed by atoms with van der Waals surface area (Å²) in [5.74, 6) is 0.668. The van der Waals surface area contributed by atoms with Gasteiger partial charge in [-0.2, -0.15) is 0 Å². The van der Waals surface area contributed by atoms with Gasteiger partial charge in [-0.05, 0) is 31.0 Å². The summed E-state index contributed by atoms with van der Waals surface area (Å²) in [6.07, 6.45) is 4.09. The van der Waals surface area contributed by atoms with Crippen LogP contribution in [-0.2, 0) is 0 Å². The molecule has 4 nitrogen and oxygen atoms in total. The highest BCUT2D eigenvalue weighted by atomic mass is 16.5. The smallest absolute Gasteiger partial charge is 0.254 e. The largest absolute Gasteiger partial charge is 0.497 e. The first-order valence-electron chi connectivity index (χ1n) is 6.82. The van der Waals surface area contributed by atoms with Crippen LogP contribution in [0.5, 0.6) is 5.75 Å². The predicted molar refractivity (Wildman–Crippen MR) is 73.4 cm³/mol. The average Bonchev–Trinajstić information content (AvgIpc) is 2.71. The molecule has 1 amide bonds. The molecule has 0 aliphatic carbocycles. The van der Waals surface area contributed by atoms with E-state index in [1.165, 1.54) is 0 Å². The zero-order valence-electron chi connectivity index (χ0n) is 11.3. The first-order valence-corrected chi connectivity index (χ1v) is 6.82. The Hall–Kier alpha value is -1.55. The fourth-order valence-corrected chi connectivity index (χ4v) is 2.56. The van der Waals surface area contributed by atoms with E-state index in [4.69, 9.17) is 4.74 Å². The number of hydrogen-bond acceptors (Lipinski definition) is 3. The number of aliphatic hydroxyl groups excluding tert-OH is 1. The number of aliphatic hydroxyl groups is 1. The summed E-state index contributed by atoms with van der Waals surface area (Å²) >= 11 is 0. The van der Waals surface area contributed by atoms with Gasteiger partial charge in [-0.25, -0.2) is 0 Å². The number of methoxy groups -OCH3 is 1. The third-order valence-corrected chi connectivity index (χ3v) is 3.67. The molecule has 1 aromatic rings. The average molecular weight is 263 g/mol. The van der Waals surface area contributed by atoms with Crippen molar-refractivity contribution >= 4 is 5.91 Å². The van der Waals surface area contributed by atoms with Crippen molar-refractivity contribution in [2.45, 2.75) is 31.7 Å². The summed E-state index contributed by atoms with van der Waals surface area (Å²) in [6, 6.07) is 7.13. The lowest BCUT2D eigenvalue weighted by atomic mass is 10.1. The first-order chi connectivity index (χ1) is 9.26. The van der Waals surface area contributed by atoms with E-state index in [1.807, 2.05) is 17.0 Å². The highest BCUT2D eigenvalue weighted by molar-refractivity contribution is 5.94. The molecule has 0 bridgehead atoms. The number of nitrogens with zero attached hydrogens (tertiary/aromatic N) is 1. The summed E-state index contributed by atoms with van der Waals surface area (Å²) in [7, 11) is 1.59. The van der Waals surface area contributed by atoms with E-state index in [0.29, 0.717) is 11.3 Å². The van der Waals surface area contributed by atoms with E-state index in [2.05, 4.69) is 0 Å². The quantitative estimate of drug-likeness (QED) is 0.908. The van der Waals surface area contributed by atoms with Crippen molar-refractivity contribution in [2.24, 2.45) is 0 Å². The lowest BCUT2D eigenvalue weighted by molar-refractivity contribution is 0.0599. The molecule has 104 valence electrons. The monoisotopic (exact) mass is 263 g/mol. The van der Waals surface area contributed by atoms with E-state index in [-0.39, 0.29) is 18.6 Å². The fraction of sp³-hybridized carbons (Fsp3) is 0.533. The van der Waals surface area contributed by atoms with Crippen LogP contribution in [0.4, 0.5) is 0 Å². The lowest BCUT2D eigenvalue weighted by Crippen LogP contribution is -2.42. The van der Waals surface area contributed by atoms with E-state index in [0.717, 1.165) is 32.2 Å². The molecule has 4 heteroatoms. The summed E-state index contributed by atoms with van der Waals surface area (Å²) in [5.41, 5.74) is 0.625. The third-order valence-electron chi connectivity index (χ3n) is 3.67. The number of hydrogen-bond donors (Lipinski definition) is 1. The Bertz CT molecular complexity index is 433. The standard InChI is InChI=1S/C15H21NO3/c1-19-14-8-5-6-12(10-14)15(18)16-9-4-2-3-7-13(16)11-17/h5-6,8,10,13,17H,2-4,7,9,11H2,1H3. The first kappa shape index (κ1) is 13.9. The van der Waals surface area contributed by atoms with Crippen molar-refractivity contribution in [1.82, 2.24) is 4.90 Å². The third kappa shape index (κ3) is 3.26. The minimum atomic E-state index is -0.0544. The van der Waals surface area contributed by atoms with Crippen molar-refractivity contribution in [2.75, 3.05) is 20.3 Å². The van der Waals surface area contributed by atoms with Gasteiger partial charge < -0.3 is 14.7 Å². The molecule has 1 saturated heterocycles. The summed E-state index contributed by atoms with van der Waals surface area (Å²) in [5, 5.41) is 9.46. The molecule has 1 N–H and O–H groups in total. The Labute approximate surface area is 114 Å². The minimum absolute atomic E-state index is 0.0140. The minimum Gasteiger partial charge on any atom is -0.497 e. The van der Waals surface area contributed by atoms with Gasteiger partial charge in [-0.15, -0.1) is 0 Å². The predicted octanol–water partition coefficient (Wildman–Crippen LogP) is 2.07. The number of likely N-dealkylation sites (tertiary alicyclic amines) is 1. The normalized spacial score (nSPS) is 19.9. The highest BCUT2D eigenvalue weighted by Gasteiger charge is 2.25. The van der Waals surface area contributed by atoms with Gasteiger partial charge in [0.1, 0.15) is 5.75 Å². The second-order valence-corrected chi connectivity index (χ2v) is 4.92. The van der Waals surface area contributed by atoms with Crippen LogP contribution in [0.3, 0.4) is 0 Å². The number of amides is 1. The second kappa shape index (κ2) is 6.57. The molecule has 0 radical (unpaired) electrons.